The van der Waals surface area contributed by atoms with Crippen LogP contribution in [0.4, 0.5) is 0 Å². The van der Waals surface area contributed by atoms with Gasteiger partial charge in [0.25, 0.3) is 0 Å². The van der Waals surface area contributed by atoms with Gasteiger partial charge in [0.05, 0.1) is 12.6 Å². The van der Waals surface area contributed by atoms with Crippen molar-refractivity contribution < 1.29 is 4.79 Å². The molecule has 1 aromatic rings. The van der Waals surface area contributed by atoms with Crippen molar-refractivity contribution in [2.45, 2.75) is 26.3 Å². The van der Waals surface area contributed by atoms with Gasteiger partial charge in [-0.15, -0.1) is 0 Å². The third kappa shape index (κ3) is 4.31. The molecule has 0 heterocycles. The van der Waals surface area contributed by atoms with Gasteiger partial charge in [-0.2, -0.15) is 0 Å². The first-order valence-electron chi connectivity index (χ1n) is 6.28. The molecule has 0 aliphatic heterocycles. The molecule has 0 bridgehead atoms. The van der Waals surface area contributed by atoms with E-state index < -0.39 is 0 Å². The van der Waals surface area contributed by atoms with Gasteiger partial charge >= 0.3 is 0 Å². The quantitative estimate of drug-likeness (QED) is 0.805. The molecule has 1 unspecified atom stereocenters. The normalized spacial score (nSPS) is 12.2. The van der Waals surface area contributed by atoms with Gasteiger partial charge in [-0.25, -0.2) is 0 Å². The average molecular weight is 269 g/mol. The van der Waals surface area contributed by atoms with E-state index in [9.17, 15) is 4.79 Å². The van der Waals surface area contributed by atoms with Crippen molar-refractivity contribution in [3.8, 4) is 0 Å². The third-order valence-electron chi connectivity index (χ3n) is 3.01. The highest BCUT2D eigenvalue weighted by Gasteiger charge is 2.16. The van der Waals surface area contributed by atoms with Crippen LogP contribution in [0.15, 0.2) is 24.3 Å². The molecule has 0 spiro atoms. The Balaban J connectivity index is 2.60. The Labute approximate surface area is 114 Å². The maximum absolute atomic E-state index is 11.9. The van der Waals surface area contributed by atoms with Gasteiger partial charge in [0, 0.05) is 12.1 Å². The van der Waals surface area contributed by atoms with E-state index in [1.807, 2.05) is 38.2 Å². The summed E-state index contributed by atoms with van der Waals surface area (Å²) in [5, 5.41) is 3.81. The molecule has 0 radical (unpaired) electrons. The predicted octanol–water partition coefficient (Wildman–Crippen LogP) is 2.86. The second-order valence-electron chi connectivity index (χ2n) is 4.41. The lowest BCUT2D eigenvalue weighted by atomic mass is 10.1. The number of carbonyl (C=O) groups excluding carboxylic acids is 1. The molecule has 1 aromatic carbocycles. The van der Waals surface area contributed by atoms with Crippen molar-refractivity contribution in [3.63, 3.8) is 0 Å². The van der Waals surface area contributed by atoms with E-state index in [0.717, 1.165) is 18.5 Å². The summed E-state index contributed by atoms with van der Waals surface area (Å²) >= 11 is 5.96. The van der Waals surface area contributed by atoms with Crippen molar-refractivity contribution in [1.29, 1.82) is 0 Å². The van der Waals surface area contributed by atoms with Crippen molar-refractivity contribution >= 4 is 17.5 Å². The summed E-state index contributed by atoms with van der Waals surface area (Å²) in [6.07, 6.45) is 1.03. The molecular weight excluding hydrogens is 248 g/mol. The van der Waals surface area contributed by atoms with Crippen LogP contribution in [0.2, 0.25) is 5.02 Å². The van der Waals surface area contributed by atoms with Gasteiger partial charge in [0.2, 0.25) is 5.91 Å². The second-order valence-corrected chi connectivity index (χ2v) is 4.85. The van der Waals surface area contributed by atoms with Crippen LogP contribution in [-0.4, -0.2) is 30.9 Å². The van der Waals surface area contributed by atoms with E-state index in [-0.39, 0.29) is 11.9 Å². The van der Waals surface area contributed by atoms with Crippen LogP contribution in [0.25, 0.3) is 0 Å². The van der Waals surface area contributed by atoms with Crippen molar-refractivity contribution in [2.75, 3.05) is 20.1 Å². The van der Waals surface area contributed by atoms with Crippen molar-refractivity contribution in [2.24, 2.45) is 0 Å². The first-order chi connectivity index (χ1) is 8.56. The Bertz CT molecular complexity index is 395. The summed E-state index contributed by atoms with van der Waals surface area (Å²) in [6.45, 7) is 5.33. The van der Waals surface area contributed by atoms with Gasteiger partial charge in [-0.3, -0.25) is 4.79 Å². The van der Waals surface area contributed by atoms with E-state index in [1.54, 1.807) is 4.90 Å². The van der Waals surface area contributed by atoms with Gasteiger partial charge in [0.15, 0.2) is 0 Å². The molecule has 0 saturated carbocycles. The molecule has 1 atom stereocenters. The maximum atomic E-state index is 11.9. The molecule has 3 nitrogen and oxygen atoms in total. The predicted molar refractivity (Wildman–Crippen MR) is 75.8 cm³/mol. The lowest BCUT2D eigenvalue weighted by Gasteiger charge is -2.25. The molecule has 100 valence electrons. The van der Waals surface area contributed by atoms with E-state index in [1.165, 1.54) is 0 Å². The first kappa shape index (κ1) is 15.0. The molecule has 0 aromatic heterocycles. The maximum Gasteiger partial charge on any atom is 0.236 e. The Morgan fingerprint density at radius 1 is 1.50 bits per heavy atom. The number of carbonyl (C=O) groups is 1. The summed E-state index contributed by atoms with van der Waals surface area (Å²) in [7, 11) is 1.82. The molecule has 4 heteroatoms. The number of rotatable bonds is 6. The molecule has 0 aliphatic carbocycles. The summed E-state index contributed by atoms with van der Waals surface area (Å²) in [4.78, 5) is 13.7. The number of hydrogen-bond acceptors (Lipinski definition) is 2. The number of likely N-dealkylation sites (N-methyl/N-ethyl adjacent to an activating group) is 1. The number of amides is 1. The highest BCUT2D eigenvalue weighted by Crippen LogP contribution is 2.21. The van der Waals surface area contributed by atoms with E-state index in [2.05, 4.69) is 12.2 Å². The zero-order chi connectivity index (χ0) is 13.5. The van der Waals surface area contributed by atoms with Gasteiger partial charge < -0.3 is 10.2 Å². The topological polar surface area (TPSA) is 32.3 Å². The monoisotopic (exact) mass is 268 g/mol. The molecular formula is C14H21ClN2O. The molecule has 18 heavy (non-hydrogen) atoms. The summed E-state index contributed by atoms with van der Waals surface area (Å²) < 4.78 is 0. The standard InChI is InChI=1S/C14H21ClN2O/c1-4-8-16-10-14(18)17(3)11(2)12-6-5-7-13(15)9-12/h5-7,9,11,16H,4,8,10H2,1-3H3. The number of benzene rings is 1. The minimum absolute atomic E-state index is 0.0274. The van der Waals surface area contributed by atoms with Crippen molar-refractivity contribution in [1.82, 2.24) is 10.2 Å². The van der Waals surface area contributed by atoms with Crippen LogP contribution in [0.1, 0.15) is 31.9 Å². The van der Waals surface area contributed by atoms with E-state index in [0.29, 0.717) is 11.6 Å². The van der Waals surface area contributed by atoms with Crippen LogP contribution in [0.5, 0.6) is 0 Å². The number of nitrogens with zero attached hydrogens (tertiary/aromatic N) is 1. The SMILES string of the molecule is CCCNCC(=O)N(C)C(C)c1cccc(Cl)c1. The number of halogens is 1. The Hall–Kier alpha value is -1.06. The third-order valence-corrected chi connectivity index (χ3v) is 3.24. The van der Waals surface area contributed by atoms with Crippen LogP contribution in [-0.2, 0) is 4.79 Å². The Kier molecular flexibility index (Phi) is 6.16. The van der Waals surface area contributed by atoms with Gasteiger partial charge in [-0.1, -0.05) is 30.7 Å². The minimum atomic E-state index is 0.0274. The largest absolute Gasteiger partial charge is 0.338 e. The molecule has 0 fully saturated rings. The zero-order valence-corrected chi connectivity index (χ0v) is 12.0. The molecule has 1 N–H and O–H groups in total. The first-order valence-corrected chi connectivity index (χ1v) is 6.66. The van der Waals surface area contributed by atoms with Crippen LogP contribution >= 0.6 is 11.6 Å². The lowest BCUT2D eigenvalue weighted by Crippen LogP contribution is -2.37. The number of nitrogens with one attached hydrogen (secondary N) is 1. The summed E-state index contributed by atoms with van der Waals surface area (Å²) in [5.41, 5.74) is 1.05. The lowest BCUT2D eigenvalue weighted by molar-refractivity contribution is -0.130. The van der Waals surface area contributed by atoms with E-state index in [4.69, 9.17) is 11.6 Å². The van der Waals surface area contributed by atoms with Crippen LogP contribution in [0, 0.1) is 0 Å². The summed E-state index contributed by atoms with van der Waals surface area (Å²) in [5.74, 6) is 0.0934. The molecule has 1 rings (SSSR count). The number of hydrogen-bond donors (Lipinski definition) is 1. The van der Waals surface area contributed by atoms with Crippen molar-refractivity contribution in [3.05, 3.63) is 34.9 Å². The highest BCUT2D eigenvalue weighted by molar-refractivity contribution is 6.30. The molecule has 0 aliphatic rings. The summed E-state index contributed by atoms with van der Waals surface area (Å²) in [6, 6.07) is 7.65. The second kappa shape index (κ2) is 7.39. The zero-order valence-electron chi connectivity index (χ0n) is 11.2. The molecule has 0 saturated heterocycles. The highest BCUT2D eigenvalue weighted by atomic mass is 35.5. The average Bonchev–Trinajstić information content (AvgIpc) is 2.37. The molecule has 1 amide bonds. The Morgan fingerprint density at radius 3 is 2.83 bits per heavy atom. The minimum Gasteiger partial charge on any atom is -0.338 e. The van der Waals surface area contributed by atoms with Gasteiger partial charge in [0.1, 0.15) is 0 Å². The van der Waals surface area contributed by atoms with Gasteiger partial charge in [-0.05, 0) is 37.6 Å². The fourth-order valence-corrected chi connectivity index (χ4v) is 1.90. The van der Waals surface area contributed by atoms with E-state index >= 15 is 0 Å². The van der Waals surface area contributed by atoms with Crippen LogP contribution < -0.4 is 5.32 Å². The van der Waals surface area contributed by atoms with Crippen LogP contribution in [0.3, 0.4) is 0 Å². The fraction of sp³-hybridized carbons (Fsp3) is 0.500. The fourth-order valence-electron chi connectivity index (χ4n) is 1.70. The Morgan fingerprint density at radius 2 is 2.22 bits per heavy atom. The smallest absolute Gasteiger partial charge is 0.236 e.